The molecule has 0 heterocycles. The SMILES string of the molecule is CCOc1cc(C(C)N(CCCCc2ccccc2)C(=O)NC2(C(=O)O)CC2)cc(OCC)c1C(C)=O. The van der Waals surface area contributed by atoms with Crippen LogP contribution in [0.5, 0.6) is 11.5 Å². The van der Waals surface area contributed by atoms with Crippen molar-refractivity contribution in [2.24, 2.45) is 0 Å². The Hall–Kier alpha value is -3.55. The van der Waals surface area contributed by atoms with E-state index in [1.54, 1.807) is 17.0 Å². The molecule has 0 bridgehead atoms. The molecule has 1 aliphatic carbocycles. The molecule has 37 heavy (non-hydrogen) atoms. The molecular weight excluding hydrogens is 472 g/mol. The summed E-state index contributed by atoms with van der Waals surface area (Å²) in [4.78, 5) is 39.2. The zero-order valence-electron chi connectivity index (χ0n) is 22.2. The van der Waals surface area contributed by atoms with Crippen LogP contribution in [0.1, 0.15) is 80.9 Å². The minimum Gasteiger partial charge on any atom is -0.493 e. The highest BCUT2D eigenvalue weighted by molar-refractivity contribution is 6.00. The Morgan fingerprint density at radius 3 is 2.11 bits per heavy atom. The first-order valence-electron chi connectivity index (χ1n) is 13.0. The van der Waals surface area contributed by atoms with Gasteiger partial charge in [-0.25, -0.2) is 9.59 Å². The maximum atomic E-state index is 13.4. The molecular formula is C29H38N2O6. The maximum Gasteiger partial charge on any atom is 0.329 e. The van der Waals surface area contributed by atoms with Crippen LogP contribution >= 0.6 is 0 Å². The van der Waals surface area contributed by atoms with Crippen LogP contribution in [-0.2, 0) is 11.2 Å². The predicted molar refractivity (Wildman–Crippen MR) is 141 cm³/mol. The molecule has 1 saturated carbocycles. The van der Waals surface area contributed by atoms with Gasteiger partial charge in [0.15, 0.2) is 5.78 Å². The molecule has 2 amide bonds. The number of amides is 2. The van der Waals surface area contributed by atoms with Crippen LogP contribution in [0.25, 0.3) is 0 Å². The van der Waals surface area contributed by atoms with E-state index in [2.05, 4.69) is 17.4 Å². The van der Waals surface area contributed by atoms with Crippen molar-refractivity contribution in [2.75, 3.05) is 19.8 Å². The lowest BCUT2D eigenvalue weighted by atomic mass is 10.00. The number of carbonyl (C=O) groups excluding carboxylic acids is 2. The van der Waals surface area contributed by atoms with E-state index in [9.17, 15) is 19.5 Å². The number of aryl methyl sites for hydroxylation is 1. The molecule has 8 heteroatoms. The zero-order valence-corrected chi connectivity index (χ0v) is 22.2. The standard InChI is InChI=1S/C29H38N2O6/c1-5-36-24-18-23(19-25(37-6-2)26(24)21(4)32)20(3)31(28(35)30-29(15-16-29)27(33)34)17-11-10-14-22-12-8-7-9-13-22/h7-9,12-13,18-20H,5-6,10-11,14-17H2,1-4H3,(H,30,35)(H,33,34). The van der Waals surface area contributed by atoms with Gasteiger partial charge in [-0.15, -0.1) is 0 Å². The molecule has 200 valence electrons. The van der Waals surface area contributed by atoms with E-state index in [0.29, 0.717) is 49.7 Å². The number of urea groups is 1. The highest BCUT2D eigenvalue weighted by Crippen LogP contribution is 2.38. The second-order valence-electron chi connectivity index (χ2n) is 9.44. The van der Waals surface area contributed by atoms with Gasteiger partial charge in [-0.2, -0.15) is 0 Å². The van der Waals surface area contributed by atoms with Crippen molar-refractivity contribution in [1.82, 2.24) is 10.2 Å². The van der Waals surface area contributed by atoms with Crippen molar-refractivity contribution >= 4 is 17.8 Å². The lowest BCUT2D eigenvalue weighted by Gasteiger charge is -2.32. The molecule has 1 atom stereocenters. The van der Waals surface area contributed by atoms with Crippen molar-refractivity contribution in [3.8, 4) is 11.5 Å². The fourth-order valence-electron chi connectivity index (χ4n) is 4.44. The lowest BCUT2D eigenvalue weighted by molar-refractivity contribution is -0.140. The molecule has 3 rings (SSSR count). The smallest absolute Gasteiger partial charge is 0.329 e. The number of carboxylic acid groups (broad SMARTS) is 1. The first-order chi connectivity index (χ1) is 17.7. The van der Waals surface area contributed by atoms with Crippen LogP contribution in [-0.4, -0.2) is 53.1 Å². The lowest BCUT2D eigenvalue weighted by Crippen LogP contribution is -2.50. The summed E-state index contributed by atoms with van der Waals surface area (Å²) in [6.45, 7) is 8.23. The second-order valence-corrected chi connectivity index (χ2v) is 9.44. The van der Waals surface area contributed by atoms with Crippen LogP contribution in [0.2, 0.25) is 0 Å². The molecule has 0 saturated heterocycles. The molecule has 1 fully saturated rings. The van der Waals surface area contributed by atoms with Gasteiger partial charge in [-0.1, -0.05) is 30.3 Å². The molecule has 1 aliphatic rings. The van der Waals surface area contributed by atoms with Crippen molar-refractivity contribution in [2.45, 2.75) is 71.4 Å². The van der Waals surface area contributed by atoms with Crippen molar-refractivity contribution in [3.05, 3.63) is 59.2 Å². The maximum absolute atomic E-state index is 13.4. The molecule has 0 aromatic heterocycles. The number of ether oxygens (including phenoxy) is 2. The number of rotatable bonds is 14. The largest absolute Gasteiger partial charge is 0.493 e. The van der Waals surface area contributed by atoms with Crippen molar-refractivity contribution in [1.29, 1.82) is 0 Å². The average molecular weight is 511 g/mol. The van der Waals surface area contributed by atoms with E-state index in [1.807, 2.05) is 39.0 Å². The van der Waals surface area contributed by atoms with E-state index in [0.717, 1.165) is 24.8 Å². The summed E-state index contributed by atoms with van der Waals surface area (Å²) in [5.41, 5.74) is 1.17. The molecule has 8 nitrogen and oxygen atoms in total. The second kappa shape index (κ2) is 12.6. The minimum absolute atomic E-state index is 0.168. The summed E-state index contributed by atoms with van der Waals surface area (Å²) in [6.07, 6.45) is 3.35. The number of nitrogens with zero attached hydrogens (tertiary/aromatic N) is 1. The number of unbranched alkanes of at least 4 members (excludes halogenated alkanes) is 1. The van der Waals surface area contributed by atoms with E-state index in [1.165, 1.54) is 12.5 Å². The van der Waals surface area contributed by atoms with Gasteiger partial charge in [0.2, 0.25) is 0 Å². The van der Waals surface area contributed by atoms with Crippen LogP contribution in [0.3, 0.4) is 0 Å². The van der Waals surface area contributed by atoms with Crippen LogP contribution < -0.4 is 14.8 Å². The Morgan fingerprint density at radius 2 is 1.62 bits per heavy atom. The molecule has 2 N–H and O–H groups in total. The third kappa shape index (κ3) is 7.02. The van der Waals surface area contributed by atoms with Crippen molar-refractivity contribution < 1.29 is 29.0 Å². The van der Waals surface area contributed by atoms with Gasteiger partial charge in [-0.3, -0.25) is 4.79 Å². The number of carbonyl (C=O) groups is 3. The first-order valence-corrected chi connectivity index (χ1v) is 13.0. The van der Waals surface area contributed by atoms with E-state index >= 15 is 0 Å². The summed E-state index contributed by atoms with van der Waals surface area (Å²) in [5.74, 6) is -0.354. The molecule has 1 unspecified atom stereocenters. The van der Waals surface area contributed by atoms with E-state index in [4.69, 9.17) is 9.47 Å². The van der Waals surface area contributed by atoms with Gasteiger partial charge in [0.05, 0.1) is 19.3 Å². The monoisotopic (exact) mass is 510 g/mol. The van der Waals surface area contributed by atoms with Gasteiger partial charge in [0.1, 0.15) is 22.6 Å². The Bertz CT molecular complexity index is 1070. The molecule has 2 aromatic carbocycles. The average Bonchev–Trinajstić information content (AvgIpc) is 3.65. The summed E-state index contributed by atoms with van der Waals surface area (Å²) < 4.78 is 11.6. The number of hydrogen-bond donors (Lipinski definition) is 2. The third-order valence-electron chi connectivity index (χ3n) is 6.71. The predicted octanol–water partition coefficient (Wildman–Crippen LogP) is 5.40. The number of ketones is 1. The van der Waals surface area contributed by atoms with E-state index in [-0.39, 0.29) is 5.78 Å². The van der Waals surface area contributed by atoms with Crippen molar-refractivity contribution in [3.63, 3.8) is 0 Å². The summed E-state index contributed by atoms with van der Waals surface area (Å²) in [5, 5.41) is 12.4. The van der Waals surface area contributed by atoms with Crippen LogP contribution in [0.15, 0.2) is 42.5 Å². The quantitative estimate of drug-likeness (QED) is 0.260. The molecule has 0 spiro atoms. The number of Topliss-reactive ketones (excluding diaryl/α,β-unsaturated/α-hetero) is 1. The van der Waals surface area contributed by atoms with Crippen LogP contribution in [0, 0.1) is 0 Å². The summed E-state index contributed by atoms with van der Waals surface area (Å²) in [6, 6.07) is 12.9. The number of hydrogen-bond acceptors (Lipinski definition) is 5. The highest BCUT2D eigenvalue weighted by Gasteiger charge is 2.52. The normalized spacial score (nSPS) is 14.4. The van der Waals surface area contributed by atoms with Gasteiger partial charge in [0, 0.05) is 6.54 Å². The van der Waals surface area contributed by atoms with Crippen LogP contribution in [0.4, 0.5) is 4.79 Å². The number of nitrogens with one attached hydrogen (secondary N) is 1. The number of carboxylic acids is 1. The summed E-state index contributed by atoms with van der Waals surface area (Å²) in [7, 11) is 0. The van der Waals surface area contributed by atoms with Gasteiger partial charge < -0.3 is 24.8 Å². The topological polar surface area (TPSA) is 105 Å². The zero-order chi connectivity index (χ0) is 27.0. The molecule has 0 radical (unpaired) electrons. The molecule has 2 aromatic rings. The Kier molecular flexibility index (Phi) is 9.55. The van der Waals surface area contributed by atoms with Gasteiger partial charge in [-0.05, 0) is 83.1 Å². The number of benzene rings is 2. The summed E-state index contributed by atoms with van der Waals surface area (Å²) >= 11 is 0. The Labute approximate surface area is 219 Å². The fraction of sp³-hybridized carbons (Fsp3) is 0.483. The fourth-order valence-corrected chi connectivity index (χ4v) is 4.44. The van der Waals surface area contributed by atoms with Gasteiger partial charge >= 0.3 is 12.0 Å². The Balaban J connectivity index is 1.87. The number of aliphatic carboxylic acids is 1. The van der Waals surface area contributed by atoms with Gasteiger partial charge in [0.25, 0.3) is 0 Å². The molecule has 0 aliphatic heterocycles. The highest BCUT2D eigenvalue weighted by atomic mass is 16.5. The van der Waals surface area contributed by atoms with E-state index < -0.39 is 23.6 Å². The third-order valence-corrected chi connectivity index (χ3v) is 6.71. The first kappa shape index (κ1) is 28.0. The Morgan fingerprint density at radius 1 is 1.03 bits per heavy atom. The minimum atomic E-state index is -1.19.